The van der Waals surface area contributed by atoms with Crippen molar-refractivity contribution in [2.24, 2.45) is 28.6 Å². The van der Waals surface area contributed by atoms with Crippen LogP contribution in [0.15, 0.2) is 23.8 Å². The van der Waals surface area contributed by atoms with Crippen LogP contribution in [-0.4, -0.2) is 57.9 Å². The molecule has 3 saturated carbocycles. The molecule has 4 aliphatic carbocycles. The number of hydrogen-bond donors (Lipinski definition) is 2. The van der Waals surface area contributed by atoms with Gasteiger partial charge in [0.15, 0.2) is 17.1 Å². The molecule has 0 heterocycles. The predicted molar refractivity (Wildman–Crippen MR) is 133 cm³/mol. The van der Waals surface area contributed by atoms with Crippen LogP contribution in [0.3, 0.4) is 0 Å². The van der Waals surface area contributed by atoms with Crippen molar-refractivity contribution in [3.63, 3.8) is 0 Å². The molecular weight excluding hydrogens is 482 g/mol. The molecule has 4 aliphatic rings. The van der Waals surface area contributed by atoms with Gasteiger partial charge in [0.1, 0.15) is 12.8 Å². The average molecular weight is 523 g/mol. The molecule has 0 radical (unpaired) electrons. The SMILES string of the molecule is CCCCCCC(=O)OC1(C(=O)CO)C(C)CC2C3CC(F)C4=CC(=O)C=CC4(C)C3(F)C(O)CC21C. The maximum absolute atomic E-state index is 17.3. The number of ketones is 2. The van der Waals surface area contributed by atoms with Gasteiger partial charge in [0, 0.05) is 29.1 Å². The Hall–Kier alpha value is -1.93. The van der Waals surface area contributed by atoms with Gasteiger partial charge in [0.25, 0.3) is 0 Å². The van der Waals surface area contributed by atoms with Gasteiger partial charge in [0.05, 0.1) is 6.10 Å². The molecule has 37 heavy (non-hydrogen) atoms. The number of aliphatic hydroxyl groups excluding tert-OH is 2. The predicted octanol–water partition coefficient (Wildman–Crippen LogP) is 4.37. The molecule has 4 rings (SSSR count). The lowest BCUT2D eigenvalue weighted by atomic mass is 9.44. The van der Waals surface area contributed by atoms with Crippen LogP contribution in [-0.2, 0) is 19.1 Å². The lowest BCUT2D eigenvalue weighted by Crippen LogP contribution is -2.71. The first kappa shape index (κ1) is 28.1. The Bertz CT molecular complexity index is 1020. The van der Waals surface area contributed by atoms with E-state index in [0.717, 1.165) is 25.3 Å². The van der Waals surface area contributed by atoms with Gasteiger partial charge in [-0.3, -0.25) is 14.4 Å². The zero-order valence-electron chi connectivity index (χ0n) is 22.3. The molecule has 0 aliphatic heterocycles. The summed E-state index contributed by atoms with van der Waals surface area (Å²) >= 11 is 0. The topological polar surface area (TPSA) is 101 Å². The molecule has 0 aromatic carbocycles. The van der Waals surface area contributed by atoms with E-state index >= 15 is 8.78 Å². The molecule has 6 nitrogen and oxygen atoms in total. The van der Waals surface area contributed by atoms with Crippen LogP contribution in [0.4, 0.5) is 8.78 Å². The Balaban J connectivity index is 1.75. The lowest BCUT2D eigenvalue weighted by Gasteiger charge is -2.63. The van der Waals surface area contributed by atoms with Gasteiger partial charge in [-0.05, 0) is 56.3 Å². The summed E-state index contributed by atoms with van der Waals surface area (Å²) in [6.07, 6.45) is 3.87. The van der Waals surface area contributed by atoms with E-state index in [-0.39, 0.29) is 31.3 Å². The summed E-state index contributed by atoms with van der Waals surface area (Å²) in [6, 6.07) is 0. The fraction of sp³-hybridized carbons (Fsp3) is 0.759. The van der Waals surface area contributed by atoms with Gasteiger partial charge in [-0.1, -0.05) is 46.1 Å². The van der Waals surface area contributed by atoms with Crippen LogP contribution in [0.2, 0.25) is 0 Å². The second-order valence-electron chi connectivity index (χ2n) is 12.1. The highest BCUT2D eigenvalue weighted by Crippen LogP contribution is 2.71. The molecule has 0 saturated heterocycles. The van der Waals surface area contributed by atoms with Crippen molar-refractivity contribution >= 4 is 17.5 Å². The van der Waals surface area contributed by atoms with Crippen molar-refractivity contribution in [1.82, 2.24) is 0 Å². The van der Waals surface area contributed by atoms with Gasteiger partial charge in [-0.25, -0.2) is 8.78 Å². The van der Waals surface area contributed by atoms with Crippen LogP contribution in [0.5, 0.6) is 0 Å². The van der Waals surface area contributed by atoms with Crippen molar-refractivity contribution in [3.05, 3.63) is 23.8 Å². The number of allylic oxidation sites excluding steroid dienone is 4. The van der Waals surface area contributed by atoms with Crippen LogP contribution >= 0.6 is 0 Å². The number of Topliss-reactive ketones (excluding diaryl/α,β-unsaturated/α-hetero) is 1. The fourth-order valence-electron chi connectivity index (χ4n) is 8.44. The molecule has 8 heteroatoms. The van der Waals surface area contributed by atoms with E-state index in [4.69, 9.17) is 4.74 Å². The highest BCUT2D eigenvalue weighted by molar-refractivity contribution is 6.01. The number of unbranched alkanes of at least 4 members (excludes halogenated alkanes) is 3. The van der Waals surface area contributed by atoms with E-state index in [1.54, 1.807) is 13.8 Å². The van der Waals surface area contributed by atoms with Crippen molar-refractivity contribution in [2.45, 2.75) is 103 Å². The first-order valence-electron chi connectivity index (χ1n) is 13.7. The summed E-state index contributed by atoms with van der Waals surface area (Å²) in [5.74, 6) is -3.80. The monoisotopic (exact) mass is 522 g/mol. The molecule has 206 valence electrons. The molecule has 2 N–H and O–H groups in total. The number of carbonyl (C=O) groups is 3. The molecule has 9 atom stereocenters. The van der Waals surface area contributed by atoms with Gasteiger partial charge < -0.3 is 14.9 Å². The van der Waals surface area contributed by atoms with Gasteiger partial charge in [0.2, 0.25) is 5.78 Å². The quantitative estimate of drug-likeness (QED) is 0.363. The Morgan fingerprint density at radius 3 is 2.51 bits per heavy atom. The van der Waals surface area contributed by atoms with Crippen LogP contribution < -0.4 is 0 Å². The normalized spacial score (nSPS) is 44.5. The Morgan fingerprint density at radius 2 is 1.86 bits per heavy atom. The summed E-state index contributed by atoms with van der Waals surface area (Å²) in [5.41, 5.74) is -6.75. The highest BCUT2D eigenvalue weighted by Gasteiger charge is 2.78. The number of aliphatic hydroxyl groups is 2. The number of hydrogen-bond acceptors (Lipinski definition) is 6. The van der Waals surface area contributed by atoms with Crippen molar-refractivity contribution in [1.29, 1.82) is 0 Å². The van der Waals surface area contributed by atoms with Crippen LogP contribution in [0.1, 0.15) is 79.1 Å². The standard InChI is InChI=1S/C29H40F2O6/c1-5-6-7-8-9-25(36)37-29(24(35)16-32)17(2)12-19-20-14-22(30)21-13-18(33)10-11-26(21,3)28(20,31)23(34)15-27(19,29)4/h10-11,13,17,19-20,22-23,32,34H,5-9,12,14-16H2,1-4H3. The first-order chi connectivity index (χ1) is 17.3. The Kier molecular flexibility index (Phi) is 7.34. The maximum Gasteiger partial charge on any atom is 0.306 e. The van der Waals surface area contributed by atoms with E-state index in [1.165, 1.54) is 19.1 Å². The van der Waals surface area contributed by atoms with Crippen molar-refractivity contribution in [3.8, 4) is 0 Å². The van der Waals surface area contributed by atoms with Gasteiger partial charge >= 0.3 is 5.97 Å². The third-order valence-electron chi connectivity index (χ3n) is 10.2. The number of halogens is 2. The third-order valence-corrected chi connectivity index (χ3v) is 10.2. The van der Waals surface area contributed by atoms with E-state index in [9.17, 15) is 24.6 Å². The van der Waals surface area contributed by atoms with Crippen LogP contribution in [0.25, 0.3) is 0 Å². The van der Waals surface area contributed by atoms with Gasteiger partial charge in [-0.15, -0.1) is 0 Å². The van der Waals surface area contributed by atoms with Gasteiger partial charge in [-0.2, -0.15) is 0 Å². The zero-order valence-corrected chi connectivity index (χ0v) is 22.3. The largest absolute Gasteiger partial charge is 0.450 e. The van der Waals surface area contributed by atoms with E-state index in [0.29, 0.717) is 6.42 Å². The average Bonchev–Trinajstić information content (AvgIpc) is 3.06. The van der Waals surface area contributed by atoms with Crippen LogP contribution in [0, 0.1) is 28.6 Å². The molecule has 0 aromatic rings. The second kappa shape index (κ2) is 9.67. The molecular formula is C29H40F2O6. The summed E-state index contributed by atoms with van der Waals surface area (Å²) in [6.45, 7) is 6.17. The Labute approximate surface area is 217 Å². The molecule has 3 fully saturated rings. The summed E-state index contributed by atoms with van der Waals surface area (Å²) in [7, 11) is 0. The molecule has 9 unspecified atom stereocenters. The molecule has 0 bridgehead atoms. The maximum atomic E-state index is 17.3. The minimum absolute atomic E-state index is 0.0312. The number of esters is 1. The minimum atomic E-state index is -2.29. The Morgan fingerprint density at radius 1 is 1.16 bits per heavy atom. The number of rotatable bonds is 8. The minimum Gasteiger partial charge on any atom is -0.450 e. The molecule has 0 aromatic heterocycles. The summed E-state index contributed by atoms with van der Waals surface area (Å²) < 4.78 is 39.0. The number of ether oxygens (including phenoxy) is 1. The van der Waals surface area contributed by atoms with Crippen molar-refractivity contribution < 1.29 is 38.1 Å². The summed E-state index contributed by atoms with van der Waals surface area (Å²) in [4.78, 5) is 38.4. The smallest absolute Gasteiger partial charge is 0.306 e. The van der Waals surface area contributed by atoms with E-state index in [1.807, 2.05) is 0 Å². The second-order valence-corrected chi connectivity index (χ2v) is 12.1. The van der Waals surface area contributed by atoms with Crippen molar-refractivity contribution in [2.75, 3.05) is 6.61 Å². The number of fused-ring (bicyclic) bond motifs is 5. The number of alkyl halides is 2. The summed E-state index contributed by atoms with van der Waals surface area (Å²) in [5, 5.41) is 21.4. The number of carbonyl (C=O) groups excluding carboxylic acids is 3. The van der Waals surface area contributed by atoms with E-state index < -0.39 is 76.3 Å². The van der Waals surface area contributed by atoms with E-state index in [2.05, 4.69) is 6.92 Å². The third kappa shape index (κ3) is 3.80. The lowest BCUT2D eigenvalue weighted by molar-refractivity contribution is -0.231. The fourth-order valence-corrected chi connectivity index (χ4v) is 8.44. The highest BCUT2D eigenvalue weighted by atomic mass is 19.1. The molecule has 0 amide bonds. The first-order valence-corrected chi connectivity index (χ1v) is 13.7. The zero-order chi connectivity index (χ0) is 27.4. The molecule has 0 spiro atoms.